The molecule has 1 aromatic rings. The van der Waals surface area contributed by atoms with Gasteiger partial charge in [-0.3, -0.25) is 4.79 Å². The molecule has 116 valence electrons. The SMILES string of the molecule is C/C(=N\NC(=O)C(C)Oc1ccc(Cl)cc1Cl)C(C)(C)C. The fraction of sp³-hybridized carbons (Fsp3) is 0.467. The lowest BCUT2D eigenvalue weighted by Gasteiger charge is -2.18. The van der Waals surface area contributed by atoms with Crippen molar-refractivity contribution in [2.24, 2.45) is 10.5 Å². The molecular weight excluding hydrogens is 311 g/mol. The van der Waals surface area contributed by atoms with Gasteiger partial charge < -0.3 is 4.74 Å². The number of hydrogen-bond donors (Lipinski definition) is 1. The normalized spacial score (nSPS) is 13.8. The fourth-order valence-corrected chi connectivity index (χ4v) is 1.67. The molecule has 1 unspecified atom stereocenters. The molecule has 6 heteroatoms. The molecule has 0 heterocycles. The van der Waals surface area contributed by atoms with E-state index in [1.54, 1.807) is 25.1 Å². The molecule has 0 aromatic heterocycles. The van der Waals surface area contributed by atoms with Crippen LogP contribution in [0.1, 0.15) is 34.6 Å². The lowest BCUT2D eigenvalue weighted by Crippen LogP contribution is -2.35. The number of hydrazone groups is 1. The third-order valence-electron chi connectivity index (χ3n) is 2.99. The van der Waals surface area contributed by atoms with Crippen LogP contribution in [0.5, 0.6) is 5.75 Å². The second-order valence-corrected chi connectivity index (χ2v) is 6.60. The Bertz CT molecular complexity index is 551. The van der Waals surface area contributed by atoms with E-state index in [4.69, 9.17) is 27.9 Å². The summed E-state index contributed by atoms with van der Waals surface area (Å²) in [5.74, 6) is 0.0601. The quantitative estimate of drug-likeness (QED) is 0.661. The molecule has 1 amide bonds. The van der Waals surface area contributed by atoms with E-state index in [9.17, 15) is 4.79 Å². The van der Waals surface area contributed by atoms with Crippen molar-refractivity contribution in [2.75, 3.05) is 0 Å². The van der Waals surface area contributed by atoms with Crippen LogP contribution in [0.4, 0.5) is 0 Å². The lowest BCUT2D eigenvalue weighted by atomic mass is 9.91. The fourth-order valence-electron chi connectivity index (χ4n) is 1.21. The summed E-state index contributed by atoms with van der Waals surface area (Å²) in [4.78, 5) is 11.9. The Morgan fingerprint density at radius 3 is 2.48 bits per heavy atom. The molecule has 0 radical (unpaired) electrons. The molecule has 1 aromatic carbocycles. The third-order valence-corrected chi connectivity index (χ3v) is 3.52. The van der Waals surface area contributed by atoms with E-state index in [2.05, 4.69) is 10.5 Å². The van der Waals surface area contributed by atoms with Crippen molar-refractivity contribution < 1.29 is 9.53 Å². The number of nitrogens with one attached hydrogen (secondary N) is 1. The average molecular weight is 331 g/mol. The number of benzene rings is 1. The molecule has 0 aliphatic rings. The van der Waals surface area contributed by atoms with Crippen LogP contribution in [-0.4, -0.2) is 17.7 Å². The molecule has 1 N–H and O–H groups in total. The molecule has 0 fully saturated rings. The first kappa shape index (κ1) is 17.8. The van der Waals surface area contributed by atoms with Crippen LogP contribution in [0.3, 0.4) is 0 Å². The number of ether oxygens (including phenoxy) is 1. The zero-order chi connectivity index (χ0) is 16.2. The first-order valence-corrected chi connectivity index (χ1v) is 7.33. The first-order valence-electron chi connectivity index (χ1n) is 6.57. The first-order chi connectivity index (χ1) is 9.61. The Morgan fingerprint density at radius 2 is 1.95 bits per heavy atom. The van der Waals surface area contributed by atoms with Gasteiger partial charge in [-0.25, -0.2) is 5.43 Å². The molecule has 0 spiro atoms. The Kier molecular flexibility index (Phi) is 6.05. The molecular formula is C15H20Cl2N2O2. The molecule has 21 heavy (non-hydrogen) atoms. The van der Waals surface area contributed by atoms with Gasteiger partial charge in [-0.2, -0.15) is 5.10 Å². The van der Waals surface area contributed by atoms with Gasteiger partial charge in [0.25, 0.3) is 5.91 Å². The van der Waals surface area contributed by atoms with E-state index in [-0.39, 0.29) is 11.3 Å². The van der Waals surface area contributed by atoms with E-state index in [0.29, 0.717) is 15.8 Å². The number of amides is 1. The van der Waals surface area contributed by atoms with Crippen molar-refractivity contribution in [3.63, 3.8) is 0 Å². The van der Waals surface area contributed by atoms with E-state index in [0.717, 1.165) is 5.71 Å². The minimum Gasteiger partial charge on any atom is -0.479 e. The van der Waals surface area contributed by atoms with Crippen molar-refractivity contribution in [3.05, 3.63) is 28.2 Å². The summed E-state index contributed by atoms with van der Waals surface area (Å²) >= 11 is 11.8. The van der Waals surface area contributed by atoms with Crippen molar-refractivity contribution >= 4 is 34.8 Å². The van der Waals surface area contributed by atoms with Gasteiger partial charge in [-0.05, 0) is 32.0 Å². The minimum atomic E-state index is -0.722. The van der Waals surface area contributed by atoms with Crippen LogP contribution in [0.15, 0.2) is 23.3 Å². The van der Waals surface area contributed by atoms with E-state index >= 15 is 0 Å². The van der Waals surface area contributed by atoms with Gasteiger partial charge in [-0.15, -0.1) is 0 Å². The number of halogens is 2. The number of rotatable bonds is 4. The van der Waals surface area contributed by atoms with E-state index in [1.807, 2.05) is 27.7 Å². The van der Waals surface area contributed by atoms with Gasteiger partial charge in [0, 0.05) is 16.1 Å². The highest BCUT2D eigenvalue weighted by atomic mass is 35.5. The van der Waals surface area contributed by atoms with Gasteiger partial charge in [0.05, 0.1) is 5.02 Å². The van der Waals surface area contributed by atoms with Crippen molar-refractivity contribution in [2.45, 2.75) is 40.7 Å². The zero-order valence-corrected chi connectivity index (χ0v) is 14.3. The molecule has 1 rings (SSSR count). The van der Waals surface area contributed by atoms with Gasteiger partial charge in [0.2, 0.25) is 0 Å². The highest BCUT2D eigenvalue weighted by molar-refractivity contribution is 6.35. The number of nitrogens with zero attached hydrogens (tertiary/aromatic N) is 1. The molecule has 0 aliphatic heterocycles. The topological polar surface area (TPSA) is 50.7 Å². The second-order valence-electron chi connectivity index (χ2n) is 5.76. The van der Waals surface area contributed by atoms with Crippen LogP contribution in [0.25, 0.3) is 0 Å². The highest BCUT2D eigenvalue weighted by Gasteiger charge is 2.18. The Morgan fingerprint density at radius 1 is 1.33 bits per heavy atom. The Hall–Kier alpha value is -1.26. The summed E-state index contributed by atoms with van der Waals surface area (Å²) in [6, 6.07) is 4.83. The van der Waals surface area contributed by atoms with Crippen LogP contribution >= 0.6 is 23.2 Å². The largest absolute Gasteiger partial charge is 0.479 e. The van der Waals surface area contributed by atoms with E-state index in [1.165, 1.54) is 0 Å². The lowest BCUT2D eigenvalue weighted by molar-refractivity contribution is -0.127. The monoisotopic (exact) mass is 330 g/mol. The Labute approximate surface area is 135 Å². The van der Waals surface area contributed by atoms with Crippen LogP contribution in [0, 0.1) is 5.41 Å². The van der Waals surface area contributed by atoms with Crippen LogP contribution in [-0.2, 0) is 4.79 Å². The van der Waals surface area contributed by atoms with Crippen molar-refractivity contribution in [1.29, 1.82) is 0 Å². The third kappa shape index (κ3) is 5.56. The minimum absolute atomic E-state index is 0.100. The zero-order valence-electron chi connectivity index (χ0n) is 12.8. The van der Waals surface area contributed by atoms with Crippen molar-refractivity contribution in [1.82, 2.24) is 5.43 Å². The maximum atomic E-state index is 11.9. The maximum Gasteiger partial charge on any atom is 0.280 e. The number of hydrogen-bond acceptors (Lipinski definition) is 3. The predicted molar refractivity (Wildman–Crippen MR) is 87.3 cm³/mol. The molecule has 0 bridgehead atoms. The molecule has 0 saturated heterocycles. The summed E-state index contributed by atoms with van der Waals surface area (Å²) < 4.78 is 5.51. The van der Waals surface area contributed by atoms with E-state index < -0.39 is 6.10 Å². The maximum absolute atomic E-state index is 11.9. The molecule has 0 aliphatic carbocycles. The summed E-state index contributed by atoms with van der Waals surface area (Å²) in [6.45, 7) is 9.55. The van der Waals surface area contributed by atoms with Crippen LogP contribution < -0.4 is 10.2 Å². The molecule has 0 saturated carbocycles. The summed E-state index contributed by atoms with van der Waals surface area (Å²) in [7, 11) is 0. The molecule has 4 nitrogen and oxygen atoms in total. The smallest absolute Gasteiger partial charge is 0.280 e. The summed E-state index contributed by atoms with van der Waals surface area (Å²) in [6.07, 6.45) is -0.722. The summed E-state index contributed by atoms with van der Waals surface area (Å²) in [5.41, 5.74) is 3.22. The average Bonchev–Trinajstić information content (AvgIpc) is 2.37. The second kappa shape index (κ2) is 7.14. The van der Waals surface area contributed by atoms with Crippen molar-refractivity contribution in [3.8, 4) is 5.75 Å². The predicted octanol–water partition coefficient (Wildman–Crippen LogP) is 4.30. The summed E-state index contributed by atoms with van der Waals surface area (Å²) in [5, 5.41) is 4.94. The van der Waals surface area contributed by atoms with Gasteiger partial charge >= 0.3 is 0 Å². The standard InChI is InChI=1S/C15H20Cl2N2O2/c1-9(14(20)19-18-10(2)15(3,4)5)21-13-7-6-11(16)8-12(13)17/h6-9H,1-5H3,(H,19,20)/b18-10+. The highest BCUT2D eigenvalue weighted by Crippen LogP contribution is 2.28. The van der Waals surface area contributed by atoms with Gasteiger partial charge in [0.15, 0.2) is 6.10 Å². The van der Waals surface area contributed by atoms with Gasteiger partial charge in [0.1, 0.15) is 5.75 Å². The molecule has 1 atom stereocenters. The van der Waals surface area contributed by atoms with Gasteiger partial charge in [-0.1, -0.05) is 44.0 Å². The number of carbonyl (C=O) groups is 1. The number of carbonyl (C=O) groups excluding carboxylic acids is 1. The van der Waals surface area contributed by atoms with Crippen LogP contribution in [0.2, 0.25) is 10.0 Å². The Balaban J connectivity index is 2.67.